The third kappa shape index (κ3) is 16.3. The number of esters is 1. The normalized spacial score (nSPS) is 13.5. The van der Waals surface area contributed by atoms with E-state index in [4.69, 9.17) is 9.47 Å². The number of ether oxygens (including phenoxy) is 2. The van der Waals surface area contributed by atoms with Gasteiger partial charge in [-0.25, -0.2) is 9.59 Å². The summed E-state index contributed by atoms with van der Waals surface area (Å²) in [6.45, 7) is 8.73. The highest BCUT2D eigenvalue weighted by atomic mass is 16.7. The molecule has 5 atom stereocenters. The summed E-state index contributed by atoms with van der Waals surface area (Å²) >= 11 is 0. The van der Waals surface area contributed by atoms with Gasteiger partial charge in [0.1, 0.15) is 12.1 Å². The lowest BCUT2D eigenvalue weighted by Crippen LogP contribution is -2.58. The number of carbonyl (C=O) groups is 5. The first-order valence-electron chi connectivity index (χ1n) is 21.0. The molecule has 4 rings (SSSR count). The number of nitrogens with zero attached hydrogens (tertiary/aromatic N) is 4. The standard InChI is InChI=1S/C47H62N8O7/c1-32(2)42(52-46(59)54(6)29-37-22-14-16-24-48-37)44(57)50-39(26-35-18-10-8-11-19-35)28-41(62-31-61-34(5)56)40(27-36-20-12-9-13-21-36)51-45(58)43(33(3)4)53-47(60)55(7)30-38-23-15-17-25-49-38/h8-25,32-33,39-43H,26-31H2,1-7H3,(H,50,57)(H,51,58)(H,52,59)(H,53,60)/t39-,40-,41-,42-,43-/m0/s1. The van der Waals surface area contributed by atoms with Gasteiger partial charge in [-0.15, -0.1) is 0 Å². The minimum absolute atomic E-state index is 0.156. The van der Waals surface area contributed by atoms with Crippen molar-refractivity contribution in [1.82, 2.24) is 41.0 Å². The molecular weight excluding hydrogens is 789 g/mol. The van der Waals surface area contributed by atoms with Crippen molar-refractivity contribution in [2.45, 2.75) is 97.2 Å². The zero-order valence-corrected chi connectivity index (χ0v) is 36.8. The number of pyridine rings is 2. The molecule has 15 heteroatoms. The van der Waals surface area contributed by atoms with Crippen LogP contribution >= 0.6 is 0 Å². The number of aromatic nitrogens is 2. The summed E-state index contributed by atoms with van der Waals surface area (Å²) in [4.78, 5) is 79.0. The van der Waals surface area contributed by atoms with Gasteiger partial charge in [0, 0.05) is 39.5 Å². The molecule has 4 aromatic rings. The first-order chi connectivity index (χ1) is 29.7. The number of urea groups is 2. The molecule has 6 amide bonds. The Bertz CT molecular complexity index is 1990. The predicted molar refractivity (Wildman–Crippen MR) is 236 cm³/mol. The van der Waals surface area contributed by atoms with Crippen molar-refractivity contribution in [2.75, 3.05) is 20.9 Å². The van der Waals surface area contributed by atoms with Crippen LogP contribution < -0.4 is 21.3 Å². The SMILES string of the molecule is CC(=O)OCO[C@@H](C[C@H](Cc1ccccc1)NC(=O)[C@@H](NC(=O)N(C)Cc1ccccn1)C(C)C)[C@H](Cc1ccccc1)NC(=O)[C@@H](NC(=O)N(C)Cc1ccccn1)C(C)C. The number of benzene rings is 2. The summed E-state index contributed by atoms with van der Waals surface area (Å²) in [6.07, 6.45) is 3.30. The second kappa shape index (κ2) is 24.8. The van der Waals surface area contributed by atoms with E-state index in [1.54, 1.807) is 38.6 Å². The Morgan fingerprint density at radius 2 is 1.05 bits per heavy atom. The highest BCUT2D eigenvalue weighted by molar-refractivity contribution is 5.88. The fraction of sp³-hybridized carbons (Fsp3) is 0.426. The lowest BCUT2D eigenvalue weighted by Gasteiger charge is -2.34. The molecule has 4 N–H and O–H groups in total. The molecule has 0 aliphatic carbocycles. The van der Waals surface area contributed by atoms with Crippen LogP contribution in [0.25, 0.3) is 0 Å². The average molecular weight is 851 g/mol. The highest BCUT2D eigenvalue weighted by Gasteiger charge is 2.34. The van der Waals surface area contributed by atoms with Gasteiger partial charge in [-0.3, -0.25) is 24.4 Å². The summed E-state index contributed by atoms with van der Waals surface area (Å²) in [6, 6.07) is 26.0. The summed E-state index contributed by atoms with van der Waals surface area (Å²) < 4.78 is 11.6. The van der Waals surface area contributed by atoms with Gasteiger partial charge < -0.3 is 40.5 Å². The summed E-state index contributed by atoms with van der Waals surface area (Å²) in [7, 11) is 3.27. The van der Waals surface area contributed by atoms with E-state index < -0.39 is 66.9 Å². The minimum atomic E-state index is -0.938. The number of nitrogens with one attached hydrogen (secondary N) is 4. The summed E-state index contributed by atoms with van der Waals surface area (Å²) in [5.41, 5.74) is 3.21. The maximum absolute atomic E-state index is 14.4. The van der Waals surface area contributed by atoms with Gasteiger partial charge in [-0.05, 0) is 66.5 Å². The molecule has 0 radical (unpaired) electrons. The van der Waals surface area contributed by atoms with Gasteiger partial charge in [0.25, 0.3) is 0 Å². The first kappa shape index (κ1) is 48.3. The van der Waals surface area contributed by atoms with Crippen molar-refractivity contribution in [3.05, 3.63) is 132 Å². The molecule has 0 aliphatic heterocycles. The fourth-order valence-electron chi connectivity index (χ4n) is 6.80. The Hall–Kier alpha value is -6.35. The zero-order valence-electron chi connectivity index (χ0n) is 36.8. The molecule has 332 valence electrons. The van der Waals surface area contributed by atoms with Gasteiger partial charge in [0.15, 0.2) is 6.79 Å². The van der Waals surface area contributed by atoms with E-state index in [-0.39, 0.29) is 31.3 Å². The minimum Gasteiger partial charge on any atom is -0.439 e. The third-order valence-corrected chi connectivity index (χ3v) is 10.2. The average Bonchev–Trinajstić information content (AvgIpc) is 3.24. The van der Waals surface area contributed by atoms with Crippen LogP contribution in [0.1, 0.15) is 63.6 Å². The Morgan fingerprint density at radius 3 is 1.48 bits per heavy atom. The van der Waals surface area contributed by atoms with Crippen molar-refractivity contribution in [3.8, 4) is 0 Å². The third-order valence-electron chi connectivity index (χ3n) is 10.2. The van der Waals surface area contributed by atoms with E-state index in [0.29, 0.717) is 24.2 Å². The molecule has 2 aromatic carbocycles. The van der Waals surface area contributed by atoms with Crippen LogP contribution in [0.5, 0.6) is 0 Å². The number of rotatable bonds is 22. The maximum atomic E-state index is 14.4. The van der Waals surface area contributed by atoms with E-state index in [2.05, 4.69) is 31.2 Å². The van der Waals surface area contributed by atoms with E-state index in [1.807, 2.05) is 113 Å². The predicted octanol–water partition coefficient (Wildman–Crippen LogP) is 5.26. The molecule has 2 heterocycles. The quantitative estimate of drug-likeness (QED) is 0.0606. The molecule has 0 saturated carbocycles. The zero-order chi connectivity index (χ0) is 45.0. The van der Waals surface area contributed by atoms with Crippen LogP contribution in [0.15, 0.2) is 109 Å². The lowest BCUT2D eigenvalue weighted by atomic mass is 9.92. The van der Waals surface area contributed by atoms with Crippen LogP contribution in [0.4, 0.5) is 9.59 Å². The van der Waals surface area contributed by atoms with Gasteiger partial charge in [-0.2, -0.15) is 0 Å². The van der Waals surface area contributed by atoms with E-state index >= 15 is 0 Å². The van der Waals surface area contributed by atoms with Gasteiger partial charge in [-0.1, -0.05) is 100 Å². The van der Waals surface area contributed by atoms with E-state index in [0.717, 1.165) is 11.1 Å². The van der Waals surface area contributed by atoms with Crippen LogP contribution in [-0.2, 0) is 49.8 Å². The van der Waals surface area contributed by atoms with Gasteiger partial charge >= 0.3 is 18.0 Å². The largest absolute Gasteiger partial charge is 0.439 e. The Balaban J connectivity index is 1.63. The van der Waals surface area contributed by atoms with Crippen LogP contribution in [0.2, 0.25) is 0 Å². The summed E-state index contributed by atoms with van der Waals surface area (Å²) in [5, 5.41) is 12.2. The molecule has 62 heavy (non-hydrogen) atoms. The Labute approximate surface area is 365 Å². The van der Waals surface area contributed by atoms with Crippen molar-refractivity contribution in [3.63, 3.8) is 0 Å². The molecular formula is C47H62N8O7. The van der Waals surface area contributed by atoms with E-state index in [9.17, 15) is 24.0 Å². The second-order valence-corrected chi connectivity index (χ2v) is 16.1. The Morgan fingerprint density at radius 1 is 0.597 bits per heavy atom. The molecule has 0 saturated heterocycles. The van der Waals surface area contributed by atoms with Gasteiger partial charge in [0.2, 0.25) is 11.8 Å². The topological polar surface area (TPSA) is 184 Å². The first-order valence-corrected chi connectivity index (χ1v) is 21.0. The van der Waals surface area contributed by atoms with Crippen LogP contribution in [0, 0.1) is 11.8 Å². The van der Waals surface area contributed by atoms with Crippen LogP contribution in [-0.4, -0.2) is 101 Å². The highest BCUT2D eigenvalue weighted by Crippen LogP contribution is 2.19. The molecule has 15 nitrogen and oxygen atoms in total. The summed E-state index contributed by atoms with van der Waals surface area (Å²) in [5.74, 6) is -1.99. The molecule has 0 fully saturated rings. The van der Waals surface area contributed by atoms with Crippen LogP contribution in [0.3, 0.4) is 0 Å². The Kier molecular flexibility index (Phi) is 19.3. The van der Waals surface area contributed by atoms with Crippen molar-refractivity contribution < 1.29 is 33.4 Å². The number of amides is 6. The lowest BCUT2D eigenvalue weighted by molar-refractivity contribution is -0.161. The number of hydrogen-bond acceptors (Lipinski definition) is 9. The number of carbonyl (C=O) groups excluding carboxylic acids is 5. The molecule has 0 spiro atoms. The van der Waals surface area contributed by atoms with Crippen molar-refractivity contribution >= 4 is 29.8 Å². The molecule has 0 unspecified atom stereocenters. The molecule has 0 aliphatic rings. The van der Waals surface area contributed by atoms with Crippen molar-refractivity contribution in [2.24, 2.45) is 11.8 Å². The second-order valence-electron chi connectivity index (χ2n) is 16.1. The fourth-order valence-corrected chi connectivity index (χ4v) is 6.80. The molecule has 2 aromatic heterocycles. The van der Waals surface area contributed by atoms with Crippen molar-refractivity contribution in [1.29, 1.82) is 0 Å². The maximum Gasteiger partial charge on any atom is 0.318 e. The smallest absolute Gasteiger partial charge is 0.318 e. The number of hydrogen-bond donors (Lipinski definition) is 4. The van der Waals surface area contributed by atoms with Gasteiger partial charge in [0.05, 0.1) is 36.6 Å². The molecule has 0 bridgehead atoms. The monoisotopic (exact) mass is 850 g/mol. The van der Waals surface area contributed by atoms with E-state index in [1.165, 1.54) is 16.7 Å².